The van der Waals surface area contributed by atoms with Crippen LogP contribution in [-0.2, 0) is 10.0 Å². The number of sulfonamides is 1. The van der Waals surface area contributed by atoms with Crippen LogP contribution in [0.25, 0.3) is 0 Å². The van der Waals surface area contributed by atoms with Gasteiger partial charge in [-0.15, -0.1) is 0 Å². The van der Waals surface area contributed by atoms with E-state index >= 15 is 0 Å². The first-order chi connectivity index (χ1) is 9.72. The van der Waals surface area contributed by atoms with Gasteiger partial charge in [-0.05, 0) is 32.6 Å². The summed E-state index contributed by atoms with van der Waals surface area (Å²) < 4.78 is 28.8. The van der Waals surface area contributed by atoms with Crippen LogP contribution in [-0.4, -0.2) is 42.1 Å². The molecule has 0 aromatic carbocycles. The molecule has 1 aromatic heterocycles. The largest absolute Gasteiger partial charge is 0.477 e. The first kappa shape index (κ1) is 18.1. The van der Waals surface area contributed by atoms with E-state index in [1.165, 1.54) is 16.8 Å². The van der Waals surface area contributed by atoms with Crippen molar-refractivity contribution in [2.75, 3.05) is 12.0 Å². The van der Waals surface area contributed by atoms with E-state index < -0.39 is 16.0 Å². The van der Waals surface area contributed by atoms with Crippen molar-refractivity contribution in [2.24, 2.45) is 0 Å². The van der Waals surface area contributed by atoms with Crippen LogP contribution in [0.4, 0.5) is 0 Å². The van der Waals surface area contributed by atoms with Gasteiger partial charge in [0.15, 0.2) is 0 Å². The summed E-state index contributed by atoms with van der Waals surface area (Å²) >= 11 is 1.56. The number of aromatic nitrogens is 1. The molecule has 0 aliphatic rings. The van der Waals surface area contributed by atoms with E-state index in [0.717, 1.165) is 0 Å². The van der Waals surface area contributed by atoms with Crippen LogP contribution >= 0.6 is 11.8 Å². The first-order valence-electron chi connectivity index (χ1n) is 6.69. The molecule has 1 rings (SSSR count). The summed E-state index contributed by atoms with van der Waals surface area (Å²) in [5.41, 5.74) is -0.0247. The molecule has 0 bridgehead atoms. The summed E-state index contributed by atoms with van der Waals surface area (Å²) in [7, 11) is -3.71. The molecule has 0 spiro atoms. The Morgan fingerprint density at radius 3 is 2.48 bits per heavy atom. The molecule has 6 nitrogen and oxygen atoms in total. The van der Waals surface area contributed by atoms with Crippen LogP contribution in [0.1, 0.15) is 43.7 Å². The number of aromatic carboxylic acids is 1. The maximum Gasteiger partial charge on any atom is 0.352 e. The third-order valence-corrected chi connectivity index (χ3v) is 5.31. The lowest BCUT2D eigenvalue weighted by atomic mass is 10.3. The highest BCUT2D eigenvalue weighted by atomic mass is 32.2. The zero-order chi connectivity index (χ0) is 16.2. The van der Waals surface area contributed by atoms with Crippen molar-refractivity contribution in [2.45, 2.75) is 44.2 Å². The van der Waals surface area contributed by atoms with Gasteiger partial charge < -0.3 is 9.67 Å². The Labute approximate surface area is 130 Å². The van der Waals surface area contributed by atoms with Gasteiger partial charge in [-0.3, -0.25) is 0 Å². The van der Waals surface area contributed by atoms with Crippen molar-refractivity contribution >= 4 is 27.8 Å². The van der Waals surface area contributed by atoms with Crippen LogP contribution in [0.15, 0.2) is 17.2 Å². The molecule has 0 aliphatic carbocycles. The van der Waals surface area contributed by atoms with Crippen molar-refractivity contribution in [3.63, 3.8) is 0 Å². The number of carboxylic acids is 1. The van der Waals surface area contributed by atoms with E-state index in [-0.39, 0.29) is 22.7 Å². The third-order valence-electron chi connectivity index (χ3n) is 3.09. The molecule has 120 valence electrons. The van der Waals surface area contributed by atoms with Crippen LogP contribution in [0.2, 0.25) is 0 Å². The summed E-state index contributed by atoms with van der Waals surface area (Å²) in [5, 5.41) is 9.17. The van der Waals surface area contributed by atoms with E-state index in [0.29, 0.717) is 12.2 Å². The number of carbonyl (C=O) groups is 1. The second-order valence-corrected chi connectivity index (χ2v) is 7.67. The smallest absolute Gasteiger partial charge is 0.352 e. The highest BCUT2D eigenvalue weighted by Gasteiger charge is 2.24. The van der Waals surface area contributed by atoms with Crippen molar-refractivity contribution in [3.8, 4) is 0 Å². The van der Waals surface area contributed by atoms with Crippen LogP contribution in [0.3, 0.4) is 0 Å². The van der Waals surface area contributed by atoms with Gasteiger partial charge in [0.2, 0.25) is 10.0 Å². The summed E-state index contributed by atoms with van der Waals surface area (Å²) in [5.74, 6) is -0.465. The van der Waals surface area contributed by atoms with E-state index in [1.807, 2.05) is 13.2 Å². The summed E-state index contributed by atoms with van der Waals surface area (Å²) in [6, 6.07) is 0.908. The molecule has 0 radical (unpaired) electrons. The monoisotopic (exact) mass is 334 g/mol. The molecule has 8 heteroatoms. The quantitative estimate of drug-likeness (QED) is 0.761. The highest BCUT2D eigenvalue weighted by molar-refractivity contribution is 7.98. The average molecular weight is 334 g/mol. The molecule has 1 aromatic rings. The first-order valence-corrected chi connectivity index (χ1v) is 9.57. The molecular weight excluding hydrogens is 312 g/mol. The van der Waals surface area contributed by atoms with Gasteiger partial charge in [-0.2, -0.15) is 11.8 Å². The standard InChI is InChI=1S/C13H22N2O4S2/c1-5-10(8-20-4)14-21(18,19)11-6-12(13(16)17)15(7-11)9(2)3/h6-7,9-10,14H,5,8H2,1-4H3,(H,16,17). The lowest BCUT2D eigenvalue weighted by Gasteiger charge is -2.15. The topological polar surface area (TPSA) is 88.4 Å². The number of carboxylic acid groups (broad SMARTS) is 1. The summed E-state index contributed by atoms with van der Waals surface area (Å²) in [6.07, 6.45) is 3.97. The molecule has 1 unspecified atom stereocenters. The lowest BCUT2D eigenvalue weighted by molar-refractivity contribution is 0.0683. The maximum atomic E-state index is 12.4. The SMILES string of the molecule is CCC(CSC)NS(=O)(=O)c1cc(C(=O)O)n(C(C)C)c1. The van der Waals surface area contributed by atoms with Gasteiger partial charge in [-0.25, -0.2) is 17.9 Å². The minimum Gasteiger partial charge on any atom is -0.477 e. The molecule has 0 amide bonds. The molecule has 0 saturated carbocycles. The van der Waals surface area contributed by atoms with E-state index in [2.05, 4.69) is 4.72 Å². The number of nitrogens with one attached hydrogen (secondary N) is 1. The molecule has 1 atom stereocenters. The predicted molar refractivity (Wildman–Crippen MR) is 84.6 cm³/mol. The predicted octanol–water partition coefficient (Wildman–Crippen LogP) is 2.19. The van der Waals surface area contributed by atoms with Crippen molar-refractivity contribution in [1.29, 1.82) is 0 Å². The fraction of sp³-hybridized carbons (Fsp3) is 0.615. The zero-order valence-electron chi connectivity index (χ0n) is 12.7. The Kier molecular flexibility index (Phi) is 6.30. The molecule has 0 aliphatic heterocycles. The van der Waals surface area contributed by atoms with Gasteiger partial charge in [0.05, 0.1) is 0 Å². The minimum atomic E-state index is -3.71. The normalized spacial score (nSPS) is 13.6. The number of hydrogen-bond donors (Lipinski definition) is 2. The number of rotatable bonds is 8. The van der Waals surface area contributed by atoms with Gasteiger partial charge in [0, 0.05) is 24.0 Å². The highest BCUT2D eigenvalue weighted by Crippen LogP contribution is 2.19. The number of thioether (sulfide) groups is 1. The van der Waals surface area contributed by atoms with Crippen molar-refractivity contribution < 1.29 is 18.3 Å². The molecule has 2 N–H and O–H groups in total. The Morgan fingerprint density at radius 1 is 1.48 bits per heavy atom. The van der Waals surface area contributed by atoms with Gasteiger partial charge in [-0.1, -0.05) is 6.92 Å². The minimum absolute atomic E-state index is 0.00634. The molecular formula is C13H22N2O4S2. The fourth-order valence-corrected chi connectivity index (χ4v) is 4.09. The average Bonchev–Trinajstić information content (AvgIpc) is 2.84. The van der Waals surface area contributed by atoms with Gasteiger partial charge in [0.25, 0.3) is 0 Å². The third kappa shape index (κ3) is 4.49. The summed E-state index contributed by atoms with van der Waals surface area (Å²) in [6.45, 7) is 5.52. The van der Waals surface area contributed by atoms with Crippen LogP contribution in [0, 0.1) is 0 Å². The molecule has 0 fully saturated rings. The maximum absolute atomic E-state index is 12.4. The fourth-order valence-electron chi connectivity index (χ4n) is 1.92. The second-order valence-electron chi connectivity index (χ2n) is 5.05. The van der Waals surface area contributed by atoms with Gasteiger partial charge in [0.1, 0.15) is 10.6 Å². The van der Waals surface area contributed by atoms with Gasteiger partial charge >= 0.3 is 5.97 Å². The molecule has 1 heterocycles. The van der Waals surface area contributed by atoms with E-state index in [1.54, 1.807) is 25.6 Å². The number of hydrogen-bond acceptors (Lipinski definition) is 4. The Hall–Kier alpha value is -0.990. The van der Waals surface area contributed by atoms with E-state index in [9.17, 15) is 13.2 Å². The molecule has 0 saturated heterocycles. The Morgan fingerprint density at radius 2 is 2.10 bits per heavy atom. The van der Waals surface area contributed by atoms with Crippen molar-refractivity contribution in [1.82, 2.24) is 9.29 Å². The Bertz CT molecular complexity index is 593. The summed E-state index contributed by atoms with van der Waals surface area (Å²) in [4.78, 5) is 11.2. The molecule has 21 heavy (non-hydrogen) atoms. The second kappa shape index (κ2) is 7.33. The van der Waals surface area contributed by atoms with Crippen LogP contribution in [0.5, 0.6) is 0 Å². The van der Waals surface area contributed by atoms with E-state index in [4.69, 9.17) is 5.11 Å². The lowest BCUT2D eigenvalue weighted by Crippen LogP contribution is -2.35. The van der Waals surface area contributed by atoms with Crippen LogP contribution < -0.4 is 4.72 Å². The number of nitrogens with zero attached hydrogens (tertiary/aromatic N) is 1. The Balaban J connectivity index is 3.14. The van der Waals surface area contributed by atoms with Crippen molar-refractivity contribution in [3.05, 3.63) is 18.0 Å². The zero-order valence-corrected chi connectivity index (χ0v) is 14.3.